The lowest BCUT2D eigenvalue weighted by Crippen LogP contribution is -2.48. The first-order chi connectivity index (χ1) is 9.02. The Labute approximate surface area is 122 Å². The molecule has 1 aromatic rings. The lowest BCUT2D eigenvalue weighted by atomic mass is 10.2. The zero-order valence-electron chi connectivity index (χ0n) is 11.7. The Morgan fingerprint density at radius 2 is 2.00 bits per heavy atom. The van der Waals surface area contributed by atoms with Crippen LogP contribution in [-0.4, -0.2) is 51.8 Å². The second kappa shape index (κ2) is 6.04. The predicted molar refractivity (Wildman–Crippen MR) is 77.6 cm³/mol. The highest BCUT2D eigenvalue weighted by Crippen LogP contribution is 2.22. The van der Waals surface area contributed by atoms with Crippen molar-refractivity contribution in [3.8, 4) is 6.07 Å². The molecule has 0 N–H and O–H groups in total. The molecular formula is C13H20BrN5. The molecule has 6 heteroatoms. The SMILES string of the molecule is Cc1nn(C)c(CN2CCN(C(C)C#N)CC2)c1Br. The quantitative estimate of drug-likeness (QED) is 0.845. The van der Waals surface area contributed by atoms with E-state index in [9.17, 15) is 0 Å². The number of aryl methyl sites for hydroxylation is 2. The predicted octanol–water partition coefficient (Wildman–Crippen LogP) is 1.52. The zero-order chi connectivity index (χ0) is 14.0. The first-order valence-corrected chi connectivity index (χ1v) is 7.36. The standard InChI is InChI=1S/C13H20BrN5/c1-10(8-15)19-6-4-18(5-7-19)9-12-13(14)11(2)16-17(12)3/h10H,4-7,9H2,1-3H3. The van der Waals surface area contributed by atoms with Crippen LogP contribution < -0.4 is 0 Å². The van der Waals surface area contributed by atoms with Crippen LogP contribution in [-0.2, 0) is 13.6 Å². The summed E-state index contributed by atoms with van der Waals surface area (Å²) in [4.78, 5) is 4.65. The van der Waals surface area contributed by atoms with Gasteiger partial charge in [0.2, 0.25) is 0 Å². The third-order valence-electron chi connectivity index (χ3n) is 3.78. The molecule has 1 aliphatic heterocycles. The molecule has 104 valence electrons. The van der Waals surface area contributed by atoms with Crippen molar-refractivity contribution in [2.24, 2.45) is 7.05 Å². The van der Waals surface area contributed by atoms with Crippen LogP contribution in [0.4, 0.5) is 0 Å². The summed E-state index contributed by atoms with van der Waals surface area (Å²) in [5.74, 6) is 0. The fourth-order valence-corrected chi connectivity index (χ4v) is 2.92. The van der Waals surface area contributed by atoms with Crippen molar-refractivity contribution in [3.63, 3.8) is 0 Å². The monoisotopic (exact) mass is 325 g/mol. The average Bonchev–Trinajstić information content (AvgIpc) is 2.65. The van der Waals surface area contributed by atoms with Gasteiger partial charge in [-0.05, 0) is 29.8 Å². The molecule has 0 aromatic carbocycles. The molecule has 19 heavy (non-hydrogen) atoms. The van der Waals surface area contributed by atoms with Gasteiger partial charge in [0, 0.05) is 39.8 Å². The number of hydrogen-bond donors (Lipinski definition) is 0. The molecule has 5 nitrogen and oxygen atoms in total. The van der Waals surface area contributed by atoms with E-state index in [0.717, 1.165) is 42.9 Å². The molecule has 1 unspecified atom stereocenters. The highest BCUT2D eigenvalue weighted by molar-refractivity contribution is 9.10. The number of aromatic nitrogens is 2. The van der Waals surface area contributed by atoms with E-state index in [1.165, 1.54) is 5.69 Å². The number of rotatable bonds is 3. The van der Waals surface area contributed by atoms with E-state index < -0.39 is 0 Å². The largest absolute Gasteiger partial charge is 0.295 e. The van der Waals surface area contributed by atoms with Gasteiger partial charge in [-0.25, -0.2) is 0 Å². The van der Waals surface area contributed by atoms with E-state index in [-0.39, 0.29) is 6.04 Å². The summed E-state index contributed by atoms with van der Waals surface area (Å²) >= 11 is 3.61. The summed E-state index contributed by atoms with van der Waals surface area (Å²) in [6.07, 6.45) is 0. The van der Waals surface area contributed by atoms with Gasteiger partial charge in [0.1, 0.15) is 0 Å². The van der Waals surface area contributed by atoms with Gasteiger partial charge in [0.25, 0.3) is 0 Å². The number of nitriles is 1. The molecule has 0 bridgehead atoms. The third kappa shape index (κ3) is 3.16. The second-order valence-corrected chi connectivity index (χ2v) is 5.88. The molecule has 0 spiro atoms. The molecular weight excluding hydrogens is 306 g/mol. The van der Waals surface area contributed by atoms with Crippen molar-refractivity contribution in [2.45, 2.75) is 26.4 Å². The Bertz CT molecular complexity index is 482. The normalized spacial score (nSPS) is 19.3. The van der Waals surface area contributed by atoms with E-state index in [4.69, 9.17) is 5.26 Å². The van der Waals surface area contributed by atoms with Gasteiger partial charge in [0.15, 0.2) is 0 Å². The van der Waals surface area contributed by atoms with Crippen LogP contribution in [0.25, 0.3) is 0 Å². The van der Waals surface area contributed by atoms with Gasteiger partial charge in [-0.1, -0.05) is 0 Å². The van der Waals surface area contributed by atoms with Crippen LogP contribution in [0.2, 0.25) is 0 Å². The lowest BCUT2D eigenvalue weighted by Gasteiger charge is -2.35. The van der Waals surface area contributed by atoms with Crippen LogP contribution in [0.15, 0.2) is 4.47 Å². The Morgan fingerprint density at radius 1 is 1.37 bits per heavy atom. The fourth-order valence-electron chi connectivity index (χ4n) is 2.45. The van der Waals surface area contributed by atoms with Crippen LogP contribution in [0, 0.1) is 18.3 Å². The van der Waals surface area contributed by atoms with Gasteiger partial charge < -0.3 is 0 Å². The number of halogens is 1. The Morgan fingerprint density at radius 3 is 2.47 bits per heavy atom. The summed E-state index contributed by atoms with van der Waals surface area (Å²) in [5, 5.41) is 13.4. The van der Waals surface area contributed by atoms with E-state index in [2.05, 4.69) is 36.9 Å². The molecule has 2 heterocycles. The number of piperazine rings is 1. The van der Waals surface area contributed by atoms with Gasteiger partial charge in [-0.2, -0.15) is 10.4 Å². The summed E-state index contributed by atoms with van der Waals surface area (Å²) in [5.41, 5.74) is 2.26. The van der Waals surface area contributed by atoms with Gasteiger partial charge in [-0.3, -0.25) is 14.5 Å². The minimum Gasteiger partial charge on any atom is -0.295 e. The fraction of sp³-hybridized carbons (Fsp3) is 0.692. The summed E-state index contributed by atoms with van der Waals surface area (Å²) in [6, 6.07) is 2.33. The lowest BCUT2D eigenvalue weighted by molar-refractivity contribution is 0.112. The van der Waals surface area contributed by atoms with Gasteiger partial charge >= 0.3 is 0 Å². The van der Waals surface area contributed by atoms with Crippen LogP contribution >= 0.6 is 15.9 Å². The summed E-state index contributed by atoms with van der Waals surface area (Å²) in [7, 11) is 1.99. The Hall–Kier alpha value is -0.900. The van der Waals surface area contributed by atoms with Crippen molar-refractivity contribution in [3.05, 3.63) is 15.9 Å². The van der Waals surface area contributed by atoms with Gasteiger partial charge in [-0.15, -0.1) is 0 Å². The van der Waals surface area contributed by atoms with Crippen LogP contribution in [0.5, 0.6) is 0 Å². The van der Waals surface area contributed by atoms with Crippen LogP contribution in [0.3, 0.4) is 0 Å². The molecule has 0 radical (unpaired) electrons. The van der Waals surface area contributed by atoms with Crippen molar-refractivity contribution < 1.29 is 0 Å². The maximum atomic E-state index is 8.94. The van der Waals surface area contributed by atoms with Crippen LogP contribution in [0.1, 0.15) is 18.3 Å². The second-order valence-electron chi connectivity index (χ2n) is 5.09. The van der Waals surface area contributed by atoms with Crippen molar-refractivity contribution in [1.82, 2.24) is 19.6 Å². The first-order valence-electron chi connectivity index (χ1n) is 6.57. The molecule has 1 saturated heterocycles. The maximum absolute atomic E-state index is 8.94. The molecule has 0 amide bonds. The average molecular weight is 326 g/mol. The molecule has 0 aliphatic carbocycles. The first kappa shape index (κ1) is 14.5. The Balaban J connectivity index is 1.94. The van der Waals surface area contributed by atoms with E-state index >= 15 is 0 Å². The van der Waals surface area contributed by atoms with Crippen molar-refractivity contribution >= 4 is 15.9 Å². The van der Waals surface area contributed by atoms with E-state index in [1.807, 2.05) is 25.6 Å². The van der Waals surface area contributed by atoms with Crippen molar-refractivity contribution in [1.29, 1.82) is 5.26 Å². The third-order valence-corrected chi connectivity index (χ3v) is 4.81. The van der Waals surface area contributed by atoms with Crippen molar-refractivity contribution in [2.75, 3.05) is 26.2 Å². The minimum atomic E-state index is 0.0211. The van der Waals surface area contributed by atoms with Gasteiger partial charge in [0.05, 0.1) is 28.0 Å². The highest BCUT2D eigenvalue weighted by atomic mass is 79.9. The molecule has 0 saturated carbocycles. The highest BCUT2D eigenvalue weighted by Gasteiger charge is 2.22. The van der Waals surface area contributed by atoms with E-state index in [0.29, 0.717) is 0 Å². The number of hydrogen-bond acceptors (Lipinski definition) is 4. The zero-order valence-corrected chi connectivity index (χ0v) is 13.3. The number of nitrogens with zero attached hydrogens (tertiary/aromatic N) is 5. The smallest absolute Gasteiger partial charge is 0.0950 e. The summed E-state index contributed by atoms with van der Waals surface area (Å²) < 4.78 is 3.06. The molecule has 1 atom stereocenters. The Kier molecular flexibility index (Phi) is 4.61. The molecule has 1 fully saturated rings. The van der Waals surface area contributed by atoms with E-state index in [1.54, 1.807) is 0 Å². The topological polar surface area (TPSA) is 48.1 Å². The minimum absolute atomic E-state index is 0.0211. The molecule has 1 aromatic heterocycles. The summed E-state index contributed by atoms with van der Waals surface area (Å²) in [6.45, 7) is 8.82. The maximum Gasteiger partial charge on any atom is 0.0950 e. The molecule has 1 aliphatic rings. The molecule has 2 rings (SSSR count).